The van der Waals surface area contributed by atoms with Gasteiger partial charge in [-0.05, 0) is 68.1 Å². The first-order valence-corrected chi connectivity index (χ1v) is 9.16. The van der Waals surface area contributed by atoms with E-state index < -0.39 is 0 Å². The molecule has 0 aliphatic heterocycles. The molecule has 4 rings (SSSR count). The molecule has 23 heavy (non-hydrogen) atoms. The average Bonchev–Trinajstić information content (AvgIpc) is 2.79. The van der Waals surface area contributed by atoms with E-state index in [0.717, 1.165) is 51.2 Å². The van der Waals surface area contributed by atoms with E-state index >= 15 is 0 Å². The summed E-state index contributed by atoms with van der Waals surface area (Å²) in [6.07, 6.45) is 9.90. The number of aliphatic hydroxyl groups is 2. The Morgan fingerprint density at radius 1 is 1.13 bits per heavy atom. The average molecular weight is 316 g/mol. The molecule has 0 aromatic heterocycles. The van der Waals surface area contributed by atoms with Crippen molar-refractivity contribution >= 4 is 5.78 Å². The van der Waals surface area contributed by atoms with Gasteiger partial charge in [0.25, 0.3) is 0 Å². The molecule has 0 saturated heterocycles. The first-order chi connectivity index (χ1) is 10.9. The van der Waals surface area contributed by atoms with Gasteiger partial charge in [0.05, 0.1) is 12.4 Å². The van der Waals surface area contributed by atoms with Crippen molar-refractivity contribution in [2.24, 2.45) is 28.6 Å². The van der Waals surface area contributed by atoms with Crippen LogP contribution in [0.4, 0.5) is 0 Å². The van der Waals surface area contributed by atoms with Gasteiger partial charge in [-0.15, -0.1) is 0 Å². The lowest BCUT2D eigenvalue weighted by molar-refractivity contribution is -0.130. The maximum atomic E-state index is 12.7. The molecule has 0 aromatic rings. The van der Waals surface area contributed by atoms with E-state index in [1.807, 2.05) is 0 Å². The van der Waals surface area contributed by atoms with Crippen molar-refractivity contribution in [2.45, 2.75) is 64.9 Å². The fourth-order valence-corrected chi connectivity index (χ4v) is 6.43. The highest BCUT2D eigenvalue weighted by molar-refractivity contribution is 6.02. The third kappa shape index (κ3) is 1.95. The Morgan fingerprint density at radius 2 is 1.87 bits per heavy atom. The Balaban J connectivity index is 1.71. The maximum Gasteiger partial charge on any atom is 0.168 e. The van der Waals surface area contributed by atoms with Crippen molar-refractivity contribution in [2.75, 3.05) is 0 Å². The number of carbonyl (C=O) groups excluding carboxylic acids is 1. The summed E-state index contributed by atoms with van der Waals surface area (Å²) in [6, 6.07) is 0. The molecular weight excluding hydrogens is 288 g/mol. The highest BCUT2D eigenvalue weighted by Gasteiger charge is 2.59. The smallest absolute Gasteiger partial charge is 0.168 e. The normalized spacial score (nSPS) is 51.0. The van der Waals surface area contributed by atoms with Crippen LogP contribution in [0.5, 0.6) is 0 Å². The standard InChI is InChI=1S/C20H28O3/c1-19-7-5-14(22)10-13(19)3-4-15-16(19)6-8-20(2)17(15)9-12(11-21)18(20)23/h3,11,14-17,21-22H,4-10H2,1-2H3/b12-11+/t14-,15-,16+,17+,19-,20+/m0/s1. The van der Waals surface area contributed by atoms with Gasteiger partial charge in [0.2, 0.25) is 0 Å². The molecule has 0 heterocycles. The molecule has 0 spiro atoms. The van der Waals surface area contributed by atoms with E-state index in [1.54, 1.807) is 0 Å². The second-order valence-electron chi connectivity index (χ2n) is 8.80. The first-order valence-electron chi connectivity index (χ1n) is 9.16. The van der Waals surface area contributed by atoms with Crippen molar-refractivity contribution < 1.29 is 15.0 Å². The van der Waals surface area contributed by atoms with Gasteiger partial charge in [-0.2, -0.15) is 0 Å². The molecule has 0 aromatic carbocycles. The molecule has 0 bridgehead atoms. The number of rotatable bonds is 0. The van der Waals surface area contributed by atoms with Crippen molar-refractivity contribution in [1.82, 2.24) is 0 Å². The molecule has 4 aliphatic carbocycles. The minimum Gasteiger partial charge on any atom is -0.515 e. The lowest BCUT2D eigenvalue weighted by atomic mass is 9.48. The summed E-state index contributed by atoms with van der Waals surface area (Å²) in [7, 11) is 0. The lowest BCUT2D eigenvalue weighted by Gasteiger charge is -2.56. The number of aliphatic hydroxyl groups excluding tert-OH is 2. The van der Waals surface area contributed by atoms with Crippen LogP contribution in [0.3, 0.4) is 0 Å². The third-order valence-electron chi connectivity index (χ3n) is 7.87. The van der Waals surface area contributed by atoms with Crippen LogP contribution in [0, 0.1) is 28.6 Å². The SMILES string of the molecule is C[C@@]12CC[C@@H]3[C@H](CC=C4C[C@@H](O)CC[C@@]43C)[C@H]1C/C(=C\O)C2=O. The number of allylic oxidation sites excluding steroid dienone is 2. The number of hydrogen-bond acceptors (Lipinski definition) is 3. The quantitative estimate of drug-likeness (QED) is 0.404. The Hall–Kier alpha value is -1.09. The lowest BCUT2D eigenvalue weighted by Crippen LogP contribution is -2.50. The molecular formula is C20H28O3. The number of ketones is 1. The number of hydrogen-bond donors (Lipinski definition) is 2. The number of Topliss-reactive ketones (excluding diaryl/α,β-unsaturated/α-hetero) is 1. The monoisotopic (exact) mass is 316 g/mol. The molecule has 0 amide bonds. The zero-order chi connectivity index (χ0) is 16.4. The molecule has 3 fully saturated rings. The fourth-order valence-electron chi connectivity index (χ4n) is 6.43. The van der Waals surface area contributed by atoms with Gasteiger partial charge in [0, 0.05) is 11.0 Å². The van der Waals surface area contributed by atoms with Crippen LogP contribution in [-0.4, -0.2) is 22.1 Å². The van der Waals surface area contributed by atoms with E-state index in [0.29, 0.717) is 23.3 Å². The van der Waals surface area contributed by atoms with Gasteiger partial charge in [-0.3, -0.25) is 4.79 Å². The van der Waals surface area contributed by atoms with E-state index in [9.17, 15) is 15.0 Å². The van der Waals surface area contributed by atoms with E-state index in [2.05, 4.69) is 19.9 Å². The van der Waals surface area contributed by atoms with Gasteiger partial charge in [0.15, 0.2) is 5.78 Å². The van der Waals surface area contributed by atoms with Crippen molar-refractivity contribution in [3.05, 3.63) is 23.5 Å². The van der Waals surface area contributed by atoms with Crippen LogP contribution < -0.4 is 0 Å². The molecule has 2 N–H and O–H groups in total. The van der Waals surface area contributed by atoms with Crippen molar-refractivity contribution in [3.63, 3.8) is 0 Å². The largest absolute Gasteiger partial charge is 0.515 e. The summed E-state index contributed by atoms with van der Waals surface area (Å²) in [5.41, 5.74) is 2.03. The topological polar surface area (TPSA) is 57.5 Å². The Kier molecular flexibility index (Phi) is 3.32. The zero-order valence-electron chi connectivity index (χ0n) is 14.2. The van der Waals surface area contributed by atoms with Gasteiger partial charge in [-0.1, -0.05) is 25.5 Å². The van der Waals surface area contributed by atoms with Crippen molar-refractivity contribution in [1.29, 1.82) is 0 Å². The minimum atomic E-state index is -0.272. The van der Waals surface area contributed by atoms with Gasteiger partial charge in [-0.25, -0.2) is 0 Å². The van der Waals surface area contributed by atoms with E-state index in [4.69, 9.17) is 0 Å². The summed E-state index contributed by atoms with van der Waals surface area (Å²) in [4.78, 5) is 12.7. The molecule has 3 heteroatoms. The predicted molar refractivity (Wildman–Crippen MR) is 88.8 cm³/mol. The van der Waals surface area contributed by atoms with E-state index in [1.165, 1.54) is 5.57 Å². The molecule has 6 atom stereocenters. The molecule has 3 saturated carbocycles. The highest BCUT2D eigenvalue weighted by Crippen LogP contribution is 2.64. The molecule has 126 valence electrons. The Bertz CT molecular complexity index is 604. The summed E-state index contributed by atoms with van der Waals surface area (Å²) in [6.45, 7) is 4.52. The van der Waals surface area contributed by atoms with Gasteiger partial charge in [0.1, 0.15) is 0 Å². The molecule has 4 aliphatic rings. The maximum absolute atomic E-state index is 12.7. The fraction of sp³-hybridized carbons (Fsp3) is 0.750. The molecule has 0 radical (unpaired) electrons. The number of fused-ring (bicyclic) bond motifs is 5. The molecule has 0 unspecified atom stereocenters. The van der Waals surface area contributed by atoms with Crippen LogP contribution in [-0.2, 0) is 4.79 Å². The van der Waals surface area contributed by atoms with Crippen LogP contribution in [0.15, 0.2) is 23.5 Å². The molecule has 3 nitrogen and oxygen atoms in total. The zero-order valence-corrected chi connectivity index (χ0v) is 14.2. The summed E-state index contributed by atoms with van der Waals surface area (Å²) >= 11 is 0. The van der Waals surface area contributed by atoms with E-state index in [-0.39, 0.29) is 22.7 Å². The second-order valence-corrected chi connectivity index (χ2v) is 8.80. The minimum absolute atomic E-state index is 0.170. The highest BCUT2D eigenvalue weighted by atomic mass is 16.3. The van der Waals surface area contributed by atoms with Gasteiger partial charge >= 0.3 is 0 Å². The third-order valence-corrected chi connectivity index (χ3v) is 7.87. The number of carbonyl (C=O) groups is 1. The Morgan fingerprint density at radius 3 is 2.61 bits per heavy atom. The summed E-state index contributed by atoms with van der Waals surface area (Å²) in [5, 5.41) is 19.5. The first kappa shape index (κ1) is 15.4. The van der Waals surface area contributed by atoms with Crippen LogP contribution >= 0.6 is 0 Å². The Labute approximate surface area is 138 Å². The summed E-state index contributed by atoms with van der Waals surface area (Å²) in [5.74, 6) is 1.72. The second kappa shape index (κ2) is 4.95. The van der Waals surface area contributed by atoms with Crippen LogP contribution in [0.1, 0.15) is 58.8 Å². The van der Waals surface area contributed by atoms with Crippen LogP contribution in [0.25, 0.3) is 0 Å². The van der Waals surface area contributed by atoms with Crippen LogP contribution in [0.2, 0.25) is 0 Å². The summed E-state index contributed by atoms with van der Waals surface area (Å²) < 4.78 is 0. The van der Waals surface area contributed by atoms with Gasteiger partial charge < -0.3 is 10.2 Å². The predicted octanol–water partition coefficient (Wildman–Crippen LogP) is 3.93. The van der Waals surface area contributed by atoms with Crippen molar-refractivity contribution in [3.8, 4) is 0 Å².